The molecule has 0 aliphatic heterocycles. The third-order valence-corrected chi connectivity index (χ3v) is 5.86. The van der Waals surface area contributed by atoms with E-state index in [1.807, 2.05) is 0 Å². The van der Waals surface area contributed by atoms with Crippen molar-refractivity contribution in [3.05, 3.63) is 71.8 Å². The summed E-state index contributed by atoms with van der Waals surface area (Å²) in [7, 11) is 0. The van der Waals surface area contributed by atoms with Crippen molar-refractivity contribution in [1.82, 2.24) is 0 Å². The van der Waals surface area contributed by atoms with Crippen molar-refractivity contribution in [2.45, 2.75) is 37.5 Å². The van der Waals surface area contributed by atoms with Gasteiger partial charge in [-0.05, 0) is 45.9 Å². The van der Waals surface area contributed by atoms with E-state index in [0.29, 0.717) is 0 Å². The monoisotopic (exact) mass is 284 g/mol. The minimum Gasteiger partial charge on any atom is -0.0619 e. The first-order valence-electron chi connectivity index (χ1n) is 8.52. The largest absolute Gasteiger partial charge is 0.0619 e. The molecule has 1 fully saturated rings. The van der Waals surface area contributed by atoms with E-state index in [2.05, 4.69) is 60.7 Å². The molecule has 0 radical (unpaired) electrons. The lowest BCUT2D eigenvalue weighted by Gasteiger charge is -2.36. The Balaban J connectivity index is 1.92. The molecule has 2 aliphatic rings. The predicted octanol–water partition coefficient (Wildman–Crippen LogP) is 6.07. The topological polar surface area (TPSA) is 0 Å². The summed E-state index contributed by atoms with van der Waals surface area (Å²) >= 11 is 0. The molecule has 0 amide bonds. The van der Waals surface area contributed by atoms with Gasteiger partial charge in [-0.1, -0.05) is 79.9 Å². The number of benzene rings is 3. The molecule has 1 spiro atoms. The average molecular weight is 284 g/mol. The summed E-state index contributed by atoms with van der Waals surface area (Å²) in [5.41, 5.74) is 6.45. The molecule has 0 unspecified atom stereocenters. The number of fused-ring (bicyclic) bond motifs is 7. The zero-order valence-electron chi connectivity index (χ0n) is 12.8. The zero-order chi connectivity index (χ0) is 14.6. The van der Waals surface area contributed by atoms with Gasteiger partial charge in [0.2, 0.25) is 0 Å². The second-order valence-electron chi connectivity index (χ2n) is 6.90. The van der Waals surface area contributed by atoms with Crippen molar-refractivity contribution < 1.29 is 0 Å². The molecule has 0 nitrogen and oxygen atoms in total. The molecule has 0 N–H and O–H groups in total. The maximum absolute atomic E-state index is 2.42. The Hall–Kier alpha value is -2.08. The molecule has 0 heterocycles. The number of hydrogen-bond donors (Lipinski definition) is 0. The maximum atomic E-state index is 2.42. The molecule has 1 saturated carbocycles. The van der Waals surface area contributed by atoms with E-state index in [1.54, 1.807) is 11.1 Å². The van der Waals surface area contributed by atoms with Crippen LogP contribution in [0.15, 0.2) is 60.7 Å². The third kappa shape index (κ3) is 1.48. The van der Waals surface area contributed by atoms with Crippen molar-refractivity contribution >= 4 is 10.8 Å². The first-order valence-corrected chi connectivity index (χ1v) is 8.52. The number of hydrogen-bond acceptors (Lipinski definition) is 0. The van der Waals surface area contributed by atoms with E-state index in [4.69, 9.17) is 0 Å². The molecule has 2 aliphatic carbocycles. The molecule has 5 rings (SSSR count). The van der Waals surface area contributed by atoms with Gasteiger partial charge in [0.1, 0.15) is 0 Å². The highest BCUT2D eigenvalue weighted by molar-refractivity contribution is 6.02. The van der Waals surface area contributed by atoms with Gasteiger partial charge in [0, 0.05) is 5.41 Å². The van der Waals surface area contributed by atoms with Crippen LogP contribution in [-0.2, 0) is 5.41 Å². The fourth-order valence-corrected chi connectivity index (χ4v) is 4.92. The SMILES string of the molecule is c1ccc2c(c1)-c1c(ccc3ccccc13)C21CCCCC1. The first-order chi connectivity index (χ1) is 10.9. The summed E-state index contributed by atoms with van der Waals surface area (Å²) in [6.45, 7) is 0. The predicted molar refractivity (Wildman–Crippen MR) is 93.2 cm³/mol. The van der Waals surface area contributed by atoms with Gasteiger partial charge in [0.15, 0.2) is 0 Å². The van der Waals surface area contributed by atoms with Gasteiger partial charge in [-0.25, -0.2) is 0 Å². The van der Waals surface area contributed by atoms with E-state index >= 15 is 0 Å². The Labute approximate surface area is 131 Å². The van der Waals surface area contributed by atoms with Crippen molar-refractivity contribution in [2.75, 3.05) is 0 Å². The number of rotatable bonds is 0. The summed E-state index contributed by atoms with van der Waals surface area (Å²) < 4.78 is 0. The van der Waals surface area contributed by atoms with Crippen LogP contribution in [0.25, 0.3) is 21.9 Å². The second kappa shape index (κ2) is 4.46. The Bertz CT molecular complexity index is 866. The van der Waals surface area contributed by atoms with E-state index in [1.165, 1.54) is 54.0 Å². The van der Waals surface area contributed by atoms with Gasteiger partial charge in [0.25, 0.3) is 0 Å². The van der Waals surface area contributed by atoms with E-state index < -0.39 is 0 Å². The zero-order valence-corrected chi connectivity index (χ0v) is 12.8. The quantitative estimate of drug-likeness (QED) is 0.470. The van der Waals surface area contributed by atoms with Gasteiger partial charge in [-0.2, -0.15) is 0 Å². The maximum Gasteiger partial charge on any atom is 0.0215 e. The summed E-state index contributed by atoms with van der Waals surface area (Å²) in [5.74, 6) is 0. The van der Waals surface area contributed by atoms with Crippen LogP contribution in [0.1, 0.15) is 43.2 Å². The standard InChI is InChI=1S/C22H20/c1-6-14-22(15-7-1)19-11-5-4-10-18(19)21-17-9-3-2-8-16(17)12-13-20(21)22/h2-5,8-13H,1,6-7,14-15H2. The molecule has 3 aromatic rings. The lowest BCUT2D eigenvalue weighted by molar-refractivity contribution is 0.353. The van der Waals surface area contributed by atoms with Gasteiger partial charge >= 0.3 is 0 Å². The van der Waals surface area contributed by atoms with Crippen LogP contribution in [0.5, 0.6) is 0 Å². The molecule has 3 aromatic carbocycles. The lowest BCUT2D eigenvalue weighted by Crippen LogP contribution is -2.27. The van der Waals surface area contributed by atoms with E-state index in [0.717, 1.165) is 0 Å². The summed E-state index contributed by atoms with van der Waals surface area (Å²) in [5, 5.41) is 2.79. The molecule has 0 atom stereocenters. The van der Waals surface area contributed by atoms with Crippen molar-refractivity contribution in [1.29, 1.82) is 0 Å². The molecule has 108 valence electrons. The molecular weight excluding hydrogens is 264 g/mol. The van der Waals surface area contributed by atoms with Crippen LogP contribution in [0, 0.1) is 0 Å². The molecule has 0 saturated heterocycles. The Morgan fingerprint density at radius 2 is 1.41 bits per heavy atom. The van der Waals surface area contributed by atoms with Crippen LogP contribution in [0.2, 0.25) is 0 Å². The van der Waals surface area contributed by atoms with Crippen LogP contribution in [0.3, 0.4) is 0 Å². The normalized spacial score (nSPS) is 18.4. The van der Waals surface area contributed by atoms with Gasteiger partial charge in [-0.15, -0.1) is 0 Å². The Morgan fingerprint density at radius 3 is 2.32 bits per heavy atom. The molecule has 22 heavy (non-hydrogen) atoms. The van der Waals surface area contributed by atoms with Crippen LogP contribution < -0.4 is 0 Å². The smallest absolute Gasteiger partial charge is 0.0215 e. The highest BCUT2D eigenvalue weighted by Gasteiger charge is 2.43. The van der Waals surface area contributed by atoms with E-state index in [-0.39, 0.29) is 5.41 Å². The summed E-state index contributed by atoms with van der Waals surface area (Å²) in [6.07, 6.45) is 6.75. The van der Waals surface area contributed by atoms with Crippen molar-refractivity contribution in [3.8, 4) is 11.1 Å². The van der Waals surface area contributed by atoms with Gasteiger partial charge in [-0.3, -0.25) is 0 Å². The third-order valence-electron chi connectivity index (χ3n) is 5.86. The fourth-order valence-electron chi connectivity index (χ4n) is 4.92. The molecule has 0 aromatic heterocycles. The highest BCUT2D eigenvalue weighted by atomic mass is 14.5. The Morgan fingerprint density at radius 1 is 0.636 bits per heavy atom. The minimum atomic E-state index is 0.286. The summed E-state index contributed by atoms with van der Waals surface area (Å²) in [4.78, 5) is 0. The average Bonchev–Trinajstić information content (AvgIpc) is 2.87. The second-order valence-corrected chi connectivity index (χ2v) is 6.90. The molecule has 0 bridgehead atoms. The van der Waals surface area contributed by atoms with E-state index in [9.17, 15) is 0 Å². The van der Waals surface area contributed by atoms with Crippen LogP contribution >= 0.6 is 0 Å². The van der Waals surface area contributed by atoms with Gasteiger partial charge < -0.3 is 0 Å². The minimum absolute atomic E-state index is 0.286. The molecular formula is C22H20. The Kier molecular flexibility index (Phi) is 2.52. The van der Waals surface area contributed by atoms with Crippen LogP contribution in [-0.4, -0.2) is 0 Å². The highest BCUT2D eigenvalue weighted by Crippen LogP contribution is 2.57. The lowest BCUT2D eigenvalue weighted by atomic mass is 9.68. The summed E-state index contributed by atoms with van der Waals surface area (Å²) in [6, 6.07) is 22.8. The van der Waals surface area contributed by atoms with Gasteiger partial charge in [0.05, 0.1) is 0 Å². The molecule has 0 heteroatoms. The van der Waals surface area contributed by atoms with Crippen molar-refractivity contribution in [3.63, 3.8) is 0 Å². The van der Waals surface area contributed by atoms with Crippen LogP contribution in [0.4, 0.5) is 0 Å². The fraction of sp³-hybridized carbons (Fsp3) is 0.273. The first kappa shape index (κ1) is 12.5. The van der Waals surface area contributed by atoms with Crippen molar-refractivity contribution in [2.24, 2.45) is 0 Å².